The van der Waals surface area contributed by atoms with Crippen LogP contribution in [-0.4, -0.2) is 18.5 Å². The molecule has 88 valence electrons. The lowest BCUT2D eigenvalue weighted by Gasteiger charge is -2.12. The Labute approximate surface area is 102 Å². The molecule has 4 heteroatoms. The quantitative estimate of drug-likeness (QED) is 0.673. The minimum atomic E-state index is -0.00962. The lowest BCUT2D eigenvalue weighted by Crippen LogP contribution is -3.00. The Morgan fingerprint density at radius 2 is 2.19 bits per heavy atom. The number of nitrogens with one attached hydrogen (secondary N) is 2. The minimum Gasteiger partial charge on any atom is -1.00 e. The van der Waals surface area contributed by atoms with Crippen molar-refractivity contribution in [2.24, 2.45) is 0 Å². The number of para-hydroxylation sites is 1. The van der Waals surface area contributed by atoms with Gasteiger partial charge in [-0.05, 0) is 37.9 Å². The van der Waals surface area contributed by atoms with E-state index in [0.29, 0.717) is 0 Å². The Balaban J connectivity index is 0.00000128. The molecule has 1 saturated heterocycles. The monoisotopic (exact) mass is 239 g/mol. The molecule has 0 aliphatic carbocycles. The number of aryl methyl sites for hydroxylation is 1. The fraction of sp³-hybridized carbons (Fsp3) is 0.417. The van der Waals surface area contributed by atoms with Crippen molar-refractivity contribution in [2.45, 2.75) is 25.8 Å². The largest absolute Gasteiger partial charge is 1.00 e. The molecule has 1 aliphatic heterocycles. The van der Waals surface area contributed by atoms with Gasteiger partial charge in [0.15, 0.2) is 0 Å². The fourth-order valence-corrected chi connectivity index (χ4v) is 1.84. The van der Waals surface area contributed by atoms with E-state index in [2.05, 4.69) is 10.6 Å². The highest BCUT2D eigenvalue weighted by molar-refractivity contribution is 5.95. The summed E-state index contributed by atoms with van der Waals surface area (Å²) in [5.74, 6) is 0.0850. The second-order valence-corrected chi connectivity index (χ2v) is 3.95. The lowest BCUT2D eigenvalue weighted by atomic mass is 10.1. The van der Waals surface area contributed by atoms with E-state index in [1.54, 1.807) is 0 Å². The summed E-state index contributed by atoms with van der Waals surface area (Å²) in [5, 5.41) is 6.13. The normalized spacial score (nSPS) is 18.9. The van der Waals surface area contributed by atoms with E-state index in [9.17, 15) is 4.79 Å². The van der Waals surface area contributed by atoms with Crippen LogP contribution < -0.4 is 23.0 Å². The molecule has 0 aromatic heterocycles. The van der Waals surface area contributed by atoms with E-state index in [1.807, 2.05) is 31.2 Å². The van der Waals surface area contributed by atoms with Crippen LogP contribution in [0, 0.1) is 6.92 Å². The zero-order chi connectivity index (χ0) is 10.7. The van der Waals surface area contributed by atoms with Gasteiger partial charge in [0.25, 0.3) is 0 Å². The predicted octanol–water partition coefficient (Wildman–Crippen LogP) is -1.31. The van der Waals surface area contributed by atoms with Gasteiger partial charge in [-0.1, -0.05) is 18.2 Å². The van der Waals surface area contributed by atoms with E-state index in [1.165, 1.54) is 0 Å². The van der Waals surface area contributed by atoms with Gasteiger partial charge in [-0.15, -0.1) is 0 Å². The maximum absolute atomic E-state index is 11.8. The summed E-state index contributed by atoms with van der Waals surface area (Å²) in [5.41, 5.74) is 2.01. The molecule has 0 radical (unpaired) electrons. The second kappa shape index (κ2) is 5.87. The van der Waals surface area contributed by atoms with Crippen LogP contribution in [0.4, 0.5) is 5.69 Å². The first-order valence-corrected chi connectivity index (χ1v) is 5.37. The van der Waals surface area contributed by atoms with E-state index in [-0.39, 0.29) is 24.4 Å². The van der Waals surface area contributed by atoms with Gasteiger partial charge < -0.3 is 23.0 Å². The molecular formula is C12H16ClN2O-. The summed E-state index contributed by atoms with van der Waals surface area (Å²) in [4.78, 5) is 11.8. The molecule has 2 rings (SSSR count). The topological polar surface area (TPSA) is 41.1 Å². The third kappa shape index (κ3) is 2.97. The number of anilines is 1. The molecule has 1 aliphatic rings. The highest BCUT2D eigenvalue weighted by Gasteiger charge is 2.21. The van der Waals surface area contributed by atoms with Crippen LogP contribution in [0.2, 0.25) is 0 Å². The van der Waals surface area contributed by atoms with Crippen molar-refractivity contribution in [3.05, 3.63) is 29.8 Å². The summed E-state index contributed by atoms with van der Waals surface area (Å²) in [6.45, 7) is 2.95. The highest BCUT2D eigenvalue weighted by Crippen LogP contribution is 2.15. The third-order valence-electron chi connectivity index (χ3n) is 2.78. The van der Waals surface area contributed by atoms with Crippen LogP contribution in [-0.2, 0) is 4.79 Å². The molecule has 0 bridgehead atoms. The summed E-state index contributed by atoms with van der Waals surface area (Å²) >= 11 is 0. The number of hydrogen-bond donors (Lipinski definition) is 2. The molecule has 1 fully saturated rings. The number of rotatable bonds is 2. The molecule has 2 N–H and O–H groups in total. The Morgan fingerprint density at radius 1 is 1.44 bits per heavy atom. The number of carbonyl (C=O) groups excluding carboxylic acids is 1. The SMILES string of the molecule is Cc1ccccc1NC(=O)[C@@H]1CCCN1.[Cl-]. The first kappa shape index (κ1) is 13.0. The van der Waals surface area contributed by atoms with E-state index in [4.69, 9.17) is 0 Å². The standard InChI is InChI=1S/C12H16N2O.ClH/c1-9-5-2-3-6-10(9)14-12(15)11-7-4-8-13-11;/h2-3,5-6,11,13H,4,7-8H2,1H3,(H,14,15);1H/p-1/t11-;/m0./s1. The van der Waals surface area contributed by atoms with Gasteiger partial charge in [-0.3, -0.25) is 4.79 Å². The molecule has 1 amide bonds. The summed E-state index contributed by atoms with van der Waals surface area (Å²) < 4.78 is 0. The van der Waals surface area contributed by atoms with Gasteiger partial charge in [-0.2, -0.15) is 0 Å². The zero-order valence-corrected chi connectivity index (χ0v) is 10.1. The summed E-state index contributed by atoms with van der Waals surface area (Å²) in [7, 11) is 0. The summed E-state index contributed by atoms with van der Waals surface area (Å²) in [6.07, 6.45) is 2.03. The van der Waals surface area contributed by atoms with Crippen molar-refractivity contribution in [2.75, 3.05) is 11.9 Å². The average molecular weight is 240 g/mol. The maximum atomic E-state index is 11.8. The minimum absolute atomic E-state index is 0. The van der Waals surface area contributed by atoms with Crippen LogP contribution in [0.1, 0.15) is 18.4 Å². The van der Waals surface area contributed by atoms with Gasteiger partial charge in [0.1, 0.15) is 0 Å². The predicted molar refractivity (Wildman–Crippen MR) is 60.8 cm³/mol. The Hall–Kier alpha value is -1.06. The zero-order valence-electron chi connectivity index (χ0n) is 9.29. The molecule has 1 aromatic rings. The number of benzene rings is 1. The molecule has 0 saturated carbocycles. The maximum Gasteiger partial charge on any atom is 0.241 e. The smallest absolute Gasteiger partial charge is 0.241 e. The van der Waals surface area contributed by atoms with Crippen LogP contribution in [0.3, 0.4) is 0 Å². The van der Waals surface area contributed by atoms with Crippen LogP contribution in [0.25, 0.3) is 0 Å². The van der Waals surface area contributed by atoms with Gasteiger partial charge in [0.2, 0.25) is 5.91 Å². The van der Waals surface area contributed by atoms with Crippen molar-refractivity contribution in [1.82, 2.24) is 5.32 Å². The number of amides is 1. The van der Waals surface area contributed by atoms with Crippen molar-refractivity contribution in [3.8, 4) is 0 Å². The van der Waals surface area contributed by atoms with Crippen molar-refractivity contribution < 1.29 is 17.2 Å². The number of halogens is 1. The number of carbonyl (C=O) groups is 1. The molecule has 16 heavy (non-hydrogen) atoms. The second-order valence-electron chi connectivity index (χ2n) is 3.95. The first-order valence-electron chi connectivity index (χ1n) is 5.37. The first-order chi connectivity index (χ1) is 7.27. The third-order valence-corrected chi connectivity index (χ3v) is 2.78. The van der Waals surface area contributed by atoms with Crippen molar-refractivity contribution >= 4 is 11.6 Å². The van der Waals surface area contributed by atoms with Gasteiger partial charge in [0, 0.05) is 5.69 Å². The highest BCUT2D eigenvalue weighted by atomic mass is 35.5. The van der Waals surface area contributed by atoms with Gasteiger partial charge >= 0.3 is 0 Å². The molecule has 1 aromatic carbocycles. The molecule has 3 nitrogen and oxygen atoms in total. The molecular weight excluding hydrogens is 224 g/mol. The van der Waals surface area contributed by atoms with E-state index in [0.717, 1.165) is 30.6 Å². The lowest BCUT2D eigenvalue weighted by molar-refractivity contribution is -0.117. The van der Waals surface area contributed by atoms with Gasteiger partial charge in [0.05, 0.1) is 6.04 Å². The fourth-order valence-electron chi connectivity index (χ4n) is 1.84. The Bertz CT molecular complexity index is 362. The molecule has 1 atom stereocenters. The van der Waals surface area contributed by atoms with Crippen LogP contribution in [0.15, 0.2) is 24.3 Å². The van der Waals surface area contributed by atoms with E-state index < -0.39 is 0 Å². The van der Waals surface area contributed by atoms with Crippen LogP contribution in [0.5, 0.6) is 0 Å². The van der Waals surface area contributed by atoms with Crippen molar-refractivity contribution in [3.63, 3.8) is 0 Å². The molecule has 1 heterocycles. The summed E-state index contributed by atoms with van der Waals surface area (Å²) in [6, 6.07) is 7.83. The number of hydrogen-bond acceptors (Lipinski definition) is 2. The van der Waals surface area contributed by atoms with Gasteiger partial charge in [-0.25, -0.2) is 0 Å². The average Bonchev–Trinajstić information content (AvgIpc) is 2.74. The Kier molecular flexibility index (Phi) is 4.77. The molecule has 0 unspecified atom stereocenters. The van der Waals surface area contributed by atoms with Crippen molar-refractivity contribution in [1.29, 1.82) is 0 Å². The van der Waals surface area contributed by atoms with E-state index >= 15 is 0 Å². The van der Waals surface area contributed by atoms with Crippen LogP contribution >= 0.6 is 0 Å². The molecule has 0 spiro atoms. The Morgan fingerprint density at radius 3 is 2.81 bits per heavy atom.